The van der Waals surface area contributed by atoms with Crippen LogP contribution in [0.25, 0.3) is 5.69 Å². The number of fused-ring (bicyclic) bond motifs is 1. The van der Waals surface area contributed by atoms with Crippen molar-refractivity contribution in [3.8, 4) is 5.69 Å². The zero-order chi connectivity index (χ0) is 17.4. The summed E-state index contributed by atoms with van der Waals surface area (Å²) in [6, 6.07) is 9.59. The van der Waals surface area contributed by atoms with Crippen LogP contribution in [-0.2, 0) is 16.0 Å². The maximum absolute atomic E-state index is 12.6. The third-order valence-electron chi connectivity index (χ3n) is 5.71. The quantitative estimate of drug-likeness (QED) is 0.926. The van der Waals surface area contributed by atoms with E-state index in [0.717, 1.165) is 24.1 Å². The molecule has 1 N–H and O–H groups in total. The predicted molar refractivity (Wildman–Crippen MR) is 91.3 cm³/mol. The van der Waals surface area contributed by atoms with Crippen LogP contribution >= 0.6 is 0 Å². The summed E-state index contributed by atoms with van der Waals surface area (Å²) < 4.78 is 1.77. The molecule has 1 aliphatic heterocycles. The predicted octanol–water partition coefficient (Wildman–Crippen LogP) is 2.13. The summed E-state index contributed by atoms with van der Waals surface area (Å²) in [7, 11) is 0. The van der Waals surface area contributed by atoms with Crippen molar-refractivity contribution >= 4 is 11.9 Å². The average molecular weight is 339 g/mol. The number of hydrogen-bond acceptors (Lipinski definition) is 3. The van der Waals surface area contributed by atoms with Gasteiger partial charge < -0.3 is 10.0 Å². The van der Waals surface area contributed by atoms with Gasteiger partial charge in [-0.2, -0.15) is 5.10 Å². The monoisotopic (exact) mass is 339 g/mol. The van der Waals surface area contributed by atoms with Crippen molar-refractivity contribution in [2.75, 3.05) is 13.1 Å². The van der Waals surface area contributed by atoms with E-state index < -0.39 is 11.4 Å². The van der Waals surface area contributed by atoms with Crippen molar-refractivity contribution in [3.05, 3.63) is 48.3 Å². The van der Waals surface area contributed by atoms with Gasteiger partial charge >= 0.3 is 5.97 Å². The van der Waals surface area contributed by atoms with Gasteiger partial charge in [0.15, 0.2) is 0 Å². The molecule has 0 spiro atoms. The van der Waals surface area contributed by atoms with Crippen LogP contribution in [0.5, 0.6) is 0 Å². The number of amides is 1. The number of hydrogen-bond donors (Lipinski definition) is 1. The molecule has 1 aromatic carbocycles. The Kier molecular flexibility index (Phi) is 3.82. The van der Waals surface area contributed by atoms with Gasteiger partial charge in [0, 0.05) is 25.5 Å². The molecule has 130 valence electrons. The molecule has 6 heteroatoms. The summed E-state index contributed by atoms with van der Waals surface area (Å²) >= 11 is 0. The minimum atomic E-state index is -0.742. The van der Waals surface area contributed by atoms with Gasteiger partial charge in [-0.05, 0) is 42.5 Å². The first-order valence-electron chi connectivity index (χ1n) is 8.69. The molecular formula is C19H21N3O3. The molecule has 0 bridgehead atoms. The van der Waals surface area contributed by atoms with E-state index in [1.165, 1.54) is 0 Å². The number of likely N-dealkylation sites (tertiary alicyclic amines) is 1. The Morgan fingerprint density at radius 1 is 1.28 bits per heavy atom. The highest BCUT2D eigenvalue weighted by Crippen LogP contribution is 2.48. The lowest BCUT2D eigenvalue weighted by atomic mass is 9.81. The second-order valence-electron chi connectivity index (χ2n) is 7.12. The Morgan fingerprint density at radius 2 is 2.08 bits per heavy atom. The third-order valence-corrected chi connectivity index (χ3v) is 5.71. The van der Waals surface area contributed by atoms with Gasteiger partial charge in [-0.3, -0.25) is 9.59 Å². The van der Waals surface area contributed by atoms with Gasteiger partial charge in [0.1, 0.15) is 0 Å². The lowest BCUT2D eigenvalue weighted by Gasteiger charge is -2.23. The molecule has 1 amide bonds. The van der Waals surface area contributed by atoms with Crippen molar-refractivity contribution in [3.63, 3.8) is 0 Å². The van der Waals surface area contributed by atoms with Gasteiger partial charge in [0.25, 0.3) is 0 Å². The number of rotatable bonds is 4. The molecule has 2 aromatic rings. The maximum atomic E-state index is 12.6. The van der Waals surface area contributed by atoms with Gasteiger partial charge in [0.05, 0.1) is 17.5 Å². The fourth-order valence-corrected chi connectivity index (χ4v) is 4.30. The number of carboxylic acid groups (broad SMARTS) is 1. The standard InChI is InChI=1S/C19H21N3O3/c23-17(21-12-15-3-1-8-19(15,13-21)18(24)25)11-14-4-6-16(7-5-14)22-10-2-9-20-22/h2,4-7,9-10,15H,1,3,8,11-13H2,(H,24,25)/t15-,19+/m0/s1. The molecule has 2 heterocycles. The van der Waals surface area contributed by atoms with E-state index in [1.807, 2.05) is 36.5 Å². The number of benzene rings is 1. The molecule has 1 aromatic heterocycles. The Bertz CT molecular complexity index is 785. The largest absolute Gasteiger partial charge is 0.481 e. The van der Waals surface area contributed by atoms with Crippen LogP contribution in [0.15, 0.2) is 42.7 Å². The Labute approximate surface area is 146 Å². The van der Waals surface area contributed by atoms with Crippen molar-refractivity contribution in [2.45, 2.75) is 25.7 Å². The van der Waals surface area contributed by atoms with Crippen LogP contribution in [0.3, 0.4) is 0 Å². The van der Waals surface area contributed by atoms with Gasteiger partial charge in [-0.1, -0.05) is 18.6 Å². The van der Waals surface area contributed by atoms with E-state index in [1.54, 1.807) is 15.8 Å². The van der Waals surface area contributed by atoms with E-state index in [4.69, 9.17) is 0 Å². The topological polar surface area (TPSA) is 75.4 Å². The average Bonchev–Trinajstić information content (AvgIpc) is 3.31. The van der Waals surface area contributed by atoms with E-state index >= 15 is 0 Å². The van der Waals surface area contributed by atoms with Crippen LogP contribution in [0.4, 0.5) is 0 Å². The van der Waals surface area contributed by atoms with Crippen LogP contribution in [-0.4, -0.2) is 44.8 Å². The summed E-state index contributed by atoms with van der Waals surface area (Å²) in [5.74, 6) is -0.619. The highest BCUT2D eigenvalue weighted by molar-refractivity contribution is 5.82. The summed E-state index contributed by atoms with van der Waals surface area (Å²) in [5, 5.41) is 13.8. The normalized spacial score (nSPS) is 25.1. The zero-order valence-electron chi connectivity index (χ0n) is 14.0. The minimum Gasteiger partial charge on any atom is -0.481 e. The fraction of sp³-hybridized carbons (Fsp3) is 0.421. The summed E-state index contributed by atoms with van der Waals surface area (Å²) in [6.45, 7) is 0.938. The maximum Gasteiger partial charge on any atom is 0.311 e. The first-order chi connectivity index (χ1) is 12.1. The van der Waals surface area contributed by atoms with Gasteiger partial charge in [0.2, 0.25) is 5.91 Å². The molecule has 0 unspecified atom stereocenters. The van der Waals surface area contributed by atoms with Crippen LogP contribution in [0.1, 0.15) is 24.8 Å². The molecular weight excluding hydrogens is 318 g/mol. The highest BCUT2D eigenvalue weighted by Gasteiger charge is 2.55. The SMILES string of the molecule is O=C(Cc1ccc(-n2cccn2)cc1)N1C[C@@H]2CCC[C@@]2(C(=O)O)C1. The molecule has 6 nitrogen and oxygen atoms in total. The summed E-state index contributed by atoms with van der Waals surface area (Å²) in [4.78, 5) is 26.1. The lowest BCUT2D eigenvalue weighted by Crippen LogP contribution is -2.37. The fourth-order valence-electron chi connectivity index (χ4n) is 4.30. The second-order valence-corrected chi connectivity index (χ2v) is 7.12. The molecule has 1 aliphatic carbocycles. The molecule has 1 saturated heterocycles. The number of carbonyl (C=O) groups is 2. The second kappa shape index (κ2) is 6.02. The van der Waals surface area contributed by atoms with Crippen molar-refractivity contribution in [2.24, 2.45) is 11.3 Å². The van der Waals surface area contributed by atoms with E-state index in [2.05, 4.69) is 5.10 Å². The number of nitrogens with zero attached hydrogens (tertiary/aromatic N) is 3. The third kappa shape index (κ3) is 2.71. The van der Waals surface area contributed by atoms with E-state index in [0.29, 0.717) is 25.9 Å². The number of carbonyl (C=O) groups excluding carboxylic acids is 1. The smallest absolute Gasteiger partial charge is 0.311 e. The number of aromatic nitrogens is 2. The summed E-state index contributed by atoms with van der Waals surface area (Å²) in [5.41, 5.74) is 1.17. The summed E-state index contributed by atoms with van der Waals surface area (Å²) in [6.07, 6.45) is 6.45. The van der Waals surface area contributed by atoms with Gasteiger partial charge in [-0.25, -0.2) is 4.68 Å². The van der Waals surface area contributed by atoms with E-state index in [-0.39, 0.29) is 11.8 Å². The molecule has 4 rings (SSSR count). The van der Waals surface area contributed by atoms with E-state index in [9.17, 15) is 14.7 Å². The highest BCUT2D eigenvalue weighted by atomic mass is 16.4. The van der Waals surface area contributed by atoms with Crippen LogP contribution in [0, 0.1) is 11.3 Å². The Hall–Kier alpha value is -2.63. The lowest BCUT2D eigenvalue weighted by molar-refractivity contribution is -0.149. The van der Waals surface area contributed by atoms with Crippen molar-refractivity contribution in [1.29, 1.82) is 0 Å². The molecule has 1 saturated carbocycles. The van der Waals surface area contributed by atoms with Crippen LogP contribution < -0.4 is 0 Å². The molecule has 0 radical (unpaired) electrons. The first kappa shape index (κ1) is 15.9. The van der Waals surface area contributed by atoms with Crippen molar-refractivity contribution < 1.29 is 14.7 Å². The molecule has 2 aliphatic rings. The number of carboxylic acids is 1. The zero-order valence-corrected chi connectivity index (χ0v) is 14.0. The van der Waals surface area contributed by atoms with Crippen LogP contribution in [0.2, 0.25) is 0 Å². The first-order valence-corrected chi connectivity index (χ1v) is 8.69. The minimum absolute atomic E-state index is 0.0156. The number of aliphatic carboxylic acids is 1. The Morgan fingerprint density at radius 3 is 2.72 bits per heavy atom. The molecule has 25 heavy (non-hydrogen) atoms. The molecule has 2 fully saturated rings. The molecule has 2 atom stereocenters. The van der Waals surface area contributed by atoms with Crippen molar-refractivity contribution in [1.82, 2.24) is 14.7 Å². The van der Waals surface area contributed by atoms with Gasteiger partial charge in [-0.15, -0.1) is 0 Å². The Balaban J connectivity index is 1.43.